The maximum Gasteiger partial charge on any atom is 0.329 e. The van der Waals surface area contributed by atoms with Crippen LogP contribution in [0, 0.1) is 41.4 Å². The van der Waals surface area contributed by atoms with E-state index in [2.05, 4.69) is 25.2 Å². The van der Waals surface area contributed by atoms with E-state index >= 15 is 0 Å². The van der Waals surface area contributed by atoms with Crippen LogP contribution in [-0.4, -0.2) is 25.7 Å². The van der Waals surface area contributed by atoms with Gasteiger partial charge in [0.05, 0.1) is 19.6 Å². The van der Waals surface area contributed by atoms with Gasteiger partial charge in [-0.15, -0.1) is 0 Å². The van der Waals surface area contributed by atoms with Gasteiger partial charge < -0.3 is 9.47 Å². The molecule has 0 spiro atoms. The van der Waals surface area contributed by atoms with E-state index in [1.54, 1.807) is 0 Å². The van der Waals surface area contributed by atoms with Crippen molar-refractivity contribution in [3.05, 3.63) is 12.7 Å². The lowest BCUT2D eigenvalue weighted by Gasteiger charge is -2.37. The fourth-order valence-electron chi connectivity index (χ4n) is 6.17. The molecule has 4 nitrogen and oxygen atoms in total. The van der Waals surface area contributed by atoms with Crippen molar-refractivity contribution in [1.29, 1.82) is 0 Å². The fraction of sp³-hybridized carbons (Fsp3) is 0.818. The summed E-state index contributed by atoms with van der Waals surface area (Å²) < 4.78 is 9.41. The fourth-order valence-corrected chi connectivity index (χ4v) is 6.17. The number of methoxy groups -OCH3 is 1. The zero-order valence-corrected chi connectivity index (χ0v) is 16.9. The molecule has 7 atom stereocenters. The van der Waals surface area contributed by atoms with Crippen molar-refractivity contribution in [3.63, 3.8) is 0 Å². The molecule has 4 rings (SSSR count). The Bertz CT molecular complexity index is 500. The molecule has 4 aliphatic rings. The summed E-state index contributed by atoms with van der Waals surface area (Å²) in [5.74, 6) is 5.46. The van der Waals surface area contributed by atoms with Crippen LogP contribution in [0.25, 0.3) is 0 Å². The van der Waals surface area contributed by atoms with Crippen molar-refractivity contribution in [2.24, 2.45) is 41.4 Å². The first-order valence-corrected chi connectivity index (χ1v) is 10.4. The zero-order chi connectivity index (χ0) is 19.3. The maximum atomic E-state index is 12.0. The molecule has 4 saturated carbocycles. The van der Waals surface area contributed by atoms with Crippen molar-refractivity contribution >= 4 is 11.9 Å². The van der Waals surface area contributed by atoms with Crippen LogP contribution in [0.2, 0.25) is 0 Å². The van der Waals surface area contributed by atoms with E-state index in [4.69, 9.17) is 4.74 Å². The van der Waals surface area contributed by atoms with E-state index in [1.165, 1.54) is 39.2 Å². The monoisotopic (exact) mass is 364 g/mol. The Kier molecular flexibility index (Phi) is 7.72. The summed E-state index contributed by atoms with van der Waals surface area (Å²) in [4.78, 5) is 21.8. The SMILES string of the molecule is C=CC(=O)OC.CCC.CCOC(=O)C1CC2CC1C1C3CCC(C3)C21. The average molecular weight is 365 g/mol. The van der Waals surface area contributed by atoms with Crippen LogP contribution in [0.3, 0.4) is 0 Å². The van der Waals surface area contributed by atoms with Gasteiger partial charge in [-0.1, -0.05) is 26.8 Å². The highest BCUT2D eigenvalue weighted by molar-refractivity contribution is 5.80. The molecule has 0 aliphatic heterocycles. The zero-order valence-electron chi connectivity index (χ0n) is 16.9. The molecule has 0 saturated heterocycles. The van der Waals surface area contributed by atoms with Gasteiger partial charge >= 0.3 is 11.9 Å². The lowest BCUT2D eigenvalue weighted by atomic mass is 9.67. The van der Waals surface area contributed by atoms with Gasteiger partial charge in [-0.3, -0.25) is 4.79 Å². The van der Waals surface area contributed by atoms with Gasteiger partial charge in [0.2, 0.25) is 0 Å². The van der Waals surface area contributed by atoms with Crippen molar-refractivity contribution < 1.29 is 19.1 Å². The molecule has 0 heterocycles. The standard InChI is InChI=1S/C15H22O2.C4H6O2.C3H8/c1-2-17-15(16)12-7-10-6-11(12)14-9-4-3-8(5-9)13(10)14;1-3-4(5)6-2;1-3-2/h8-14H,2-7H2,1H3;3H,1H2,2H3;3H2,1-2H3. The van der Waals surface area contributed by atoms with Crippen molar-refractivity contribution in [1.82, 2.24) is 0 Å². The normalized spacial score (nSPS) is 37.6. The Morgan fingerprint density at radius 1 is 1.00 bits per heavy atom. The van der Waals surface area contributed by atoms with Gasteiger partial charge in [-0.2, -0.15) is 0 Å². The Labute approximate surface area is 158 Å². The van der Waals surface area contributed by atoms with Crippen LogP contribution in [0.5, 0.6) is 0 Å². The minimum Gasteiger partial charge on any atom is -0.466 e. The average Bonchev–Trinajstić information content (AvgIpc) is 3.40. The first-order chi connectivity index (χ1) is 12.5. The summed E-state index contributed by atoms with van der Waals surface area (Å²) in [5.41, 5.74) is 0. The molecule has 4 bridgehead atoms. The Hall–Kier alpha value is -1.32. The van der Waals surface area contributed by atoms with E-state index in [-0.39, 0.29) is 11.9 Å². The number of hydrogen-bond acceptors (Lipinski definition) is 4. The molecule has 0 aromatic heterocycles. The second-order valence-corrected chi connectivity index (χ2v) is 8.18. The predicted molar refractivity (Wildman–Crippen MR) is 102 cm³/mol. The Balaban J connectivity index is 0.000000230. The molecular weight excluding hydrogens is 328 g/mol. The predicted octanol–water partition coefficient (Wildman–Crippen LogP) is 4.63. The molecule has 4 fully saturated rings. The number of rotatable bonds is 3. The third-order valence-electron chi connectivity index (χ3n) is 6.69. The van der Waals surface area contributed by atoms with Gasteiger partial charge in [0.25, 0.3) is 0 Å². The lowest BCUT2D eigenvalue weighted by Crippen LogP contribution is -2.36. The number of esters is 2. The minimum atomic E-state index is -0.394. The van der Waals surface area contributed by atoms with Gasteiger partial charge in [0, 0.05) is 6.08 Å². The number of carbonyl (C=O) groups is 2. The highest BCUT2D eigenvalue weighted by Gasteiger charge is 2.63. The van der Waals surface area contributed by atoms with E-state index in [0.29, 0.717) is 12.5 Å². The van der Waals surface area contributed by atoms with Crippen LogP contribution >= 0.6 is 0 Å². The van der Waals surface area contributed by atoms with Crippen LogP contribution in [0.1, 0.15) is 59.3 Å². The summed E-state index contributed by atoms with van der Waals surface area (Å²) >= 11 is 0. The maximum absolute atomic E-state index is 12.0. The van der Waals surface area contributed by atoms with Gasteiger partial charge in [0.15, 0.2) is 0 Å². The molecular formula is C22H36O4. The quantitative estimate of drug-likeness (QED) is 0.416. The molecule has 7 unspecified atom stereocenters. The van der Waals surface area contributed by atoms with Gasteiger partial charge in [0.1, 0.15) is 0 Å². The molecule has 0 radical (unpaired) electrons. The molecule has 4 heteroatoms. The highest BCUT2D eigenvalue weighted by Crippen LogP contribution is 2.68. The first kappa shape index (κ1) is 21.0. The van der Waals surface area contributed by atoms with Gasteiger partial charge in [-0.25, -0.2) is 4.79 Å². The largest absolute Gasteiger partial charge is 0.466 e. The molecule has 0 N–H and O–H groups in total. The van der Waals surface area contributed by atoms with Crippen LogP contribution in [-0.2, 0) is 19.1 Å². The number of ether oxygens (including phenoxy) is 2. The number of hydrogen-bond donors (Lipinski definition) is 0. The van der Waals surface area contributed by atoms with Crippen molar-refractivity contribution in [2.75, 3.05) is 13.7 Å². The topological polar surface area (TPSA) is 52.6 Å². The minimum absolute atomic E-state index is 0.112. The first-order valence-electron chi connectivity index (χ1n) is 10.4. The van der Waals surface area contributed by atoms with Crippen LogP contribution in [0.4, 0.5) is 0 Å². The third-order valence-corrected chi connectivity index (χ3v) is 6.69. The molecule has 0 aromatic rings. The number of fused-ring (bicyclic) bond motifs is 9. The molecule has 148 valence electrons. The molecule has 0 amide bonds. The summed E-state index contributed by atoms with van der Waals surface area (Å²) in [5, 5.41) is 0. The van der Waals surface area contributed by atoms with Crippen LogP contribution < -0.4 is 0 Å². The van der Waals surface area contributed by atoms with Gasteiger partial charge in [-0.05, 0) is 74.5 Å². The second-order valence-electron chi connectivity index (χ2n) is 8.18. The van der Waals surface area contributed by atoms with E-state index in [9.17, 15) is 9.59 Å². The second kappa shape index (κ2) is 9.57. The Morgan fingerprint density at radius 2 is 1.62 bits per heavy atom. The van der Waals surface area contributed by atoms with E-state index < -0.39 is 5.97 Å². The summed E-state index contributed by atoms with van der Waals surface area (Å²) in [6.07, 6.45) is 9.27. The highest BCUT2D eigenvalue weighted by atomic mass is 16.5. The van der Waals surface area contributed by atoms with E-state index in [1.807, 2.05) is 6.92 Å². The summed E-state index contributed by atoms with van der Waals surface area (Å²) in [6.45, 7) is 9.88. The Morgan fingerprint density at radius 3 is 2.12 bits per heavy atom. The summed E-state index contributed by atoms with van der Waals surface area (Å²) in [7, 11) is 1.31. The molecule has 26 heavy (non-hydrogen) atoms. The smallest absolute Gasteiger partial charge is 0.329 e. The van der Waals surface area contributed by atoms with Crippen molar-refractivity contribution in [2.45, 2.75) is 59.3 Å². The van der Waals surface area contributed by atoms with Crippen molar-refractivity contribution in [3.8, 4) is 0 Å². The van der Waals surface area contributed by atoms with E-state index in [0.717, 1.165) is 42.1 Å². The lowest BCUT2D eigenvalue weighted by molar-refractivity contribution is -0.151. The molecule has 0 aromatic carbocycles. The third kappa shape index (κ3) is 4.15. The molecule has 4 aliphatic carbocycles. The summed E-state index contributed by atoms with van der Waals surface area (Å²) in [6, 6.07) is 0. The number of carbonyl (C=O) groups excluding carboxylic acids is 2. The van der Waals surface area contributed by atoms with Crippen LogP contribution in [0.15, 0.2) is 12.7 Å².